The Labute approximate surface area is 131 Å². The summed E-state index contributed by atoms with van der Waals surface area (Å²) in [6, 6.07) is 0. The van der Waals surface area contributed by atoms with Crippen molar-refractivity contribution in [3.05, 3.63) is 5.82 Å². The number of nitrogens with zero attached hydrogens (tertiary/aromatic N) is 3. The molecule has 0 radical (unpaired) electrons. The van der Waals surface area contributed by atoms with Gasteiger partial charge in [0.1, 0.15) is 12.4 Å². The van der Waals surface area contributed by atoms with Crippen LogP contribution in [0.2, 0.25) is 0 Å². The van der Waals surface area contributed by atoms with Crippen LogP contribution in [0.5, 0.6) is 0 Å². The molecule has 1 aromatic heterocycles. The van der Waals surface area contributed by atoms with E-state index in [0.29, 0.717) is 5.82 Å². The number of hydrogen-bond acceptors (Lipinski definition) is 6. The lowest BCUT2D eigenvalue weighted by Gasteiger charge is -2.20. The second-order valence-corrected chi connectivity index (χ2v) is 5.46. The van der Waals surface area contributed by atoms with Crippen LogP contribution in [0, 0.1) is 0 Å². The number of nitrogens with one attached hydrogen (secondary N) is 2. The highest BCUT2D eigenvalue weighted by atomic mass is 19.4. The third-order valence-corrected chi connectivity index (χ3v) is 3.53. The van der Waals surface area contributed by atoms with Gasteiger partial charge >= 0.3 is 6.18 Å². The van der Waals surface area contributed by atoms with E-state index >= 15 is 0 Å². The molecule has 128 valence electrons. The van der Waals surface area contributed by atoms with Crippen LogP contribution in [0.1, 0.15) is 43.8 Å². The molecule has 23 heavy (non-hydrogen) atoms. The first-order valence-corrected chi connectivity index (χ1v) is 7.42. The molecule has 1 heterocycles. The first-order valence-electron chi connectivity index (χ1n) is 7.42. The molecule has 1 aliphatic rings. The van der Waals surface area contributed by atoms with Crippen LogP contribution < -0.4 is 16.4 Å². The molecule has 2 rings (SSSR count). The van der Waals surface area contributed by atoms with E-state index in [9.17, 15) is 18.0 Å². The molecule has 1 aromatic rings. The summed E-state index contributed by atoms with van der Waals surface area (Å²) in [7, 11) is 0. The molecule has 1 aliphatic carbocycles. The summed E-state index contributed by atoms with van der Waals surface area (Å²) in [5, 5.41) is 4.34. The van der Waals surface area contributed by atoms with Gasteiger partial charge in [-0.15, -0.1) is 0 Å². The van der Waals surface area contributed by atoms with Crippen molar-refractivity contribution >= 4 is 17.8 Å². The Morgan fingerprint density at radius 3 is 2.52 bits per heavy atom. The number of carbonyl (C=O) groups excluding carboxylic acids is 1. The maximum absolute atomic E-state index is 12.0. The highest BCUT2D eigenvalue weighted by molar-refractivity contribution is 5.80. The number of carbonyl (C=O) groups is 1. The maximum Gasteiger partial charge on any atom is 0.405 e. The molecule has 0 unspecified atom stereocenters. The van der Waals surface area contributed by atoms with E-state index in [4.69, 9.17) is 5.73 Å². The van der Waals surface area contributed by atoms with Crippen molar-refractivity contribution in [1.82, 2.24) is 20.3 Å². The van der Waals surface area contributed by atoms with E-state index in [-0.39, 0.29) is 24.4 Å². The van der Waals surface area contributed by atoms with Crippen LogP contribution in [0.15, 0.2) is 0 Å². The molecule has 4 N–H and O–H groups in total. The second-order valence-electron chi connectivity index (χ2n) is 5.46. The Morgan fingerprint density at radius 2 is 1.87 bits per heavy atom. The fraction of sp³-hybridized carbons (Fsp3) is 0.692. The summed E-state index contributed by atoms with van der Waals surface area (Å²) in [6.45, 7) is -1.75. The van der Waals surface area contributed by atoms with Gasteiger partial charge in [0.05, 0.1) is 6.54 Å². The number of amides is 1. The molecule has 10 heteroatoms. The molecule has 1 fully saturated rings. The van der Waals surface area contributed by atoms with Crippen molar-refractivity contribution in [2.24, 2.45) is 0 Å². The summed E-state index contributed by atoms with van der Waals surface area (Å²) in [4.78, 5) is 23.6. The highest BCUT2D eigenvalue weighted by Crippen LogP contribution is 2.31. The quantitative estimate of drug-likeness (QED) is 0.756. The van der Waals surface area contributed by atoms with Crippen LogP contribution in [0.4, 0.5) is 25.1 Å². The Hall–Kier alpha value is -2.13. The lowest BCUT2D eigenvalue weighted by atomic mass is 9.89. The fourth-order valence-electron chi connectivity index (χ4n) is 2.45. The van der Waals surface area contributed by atoms with E-state index in [2.05, 4.69) is 20.3 Å². The monoisotopic (exact) mass is 332 g/mol. The molecule has 1 amide bonds. The first kappa shape index (κ1) is 17.2. The maximum atomic E-state index is 12.0. The minimum atomic E-state index is -4.44. The molecular formula is C13H19F3N6O. The number of anilines is 2. The summed E-state index contributed by atoms with van der Waals surface area (Å²) >= 11 is 0. The Balaban J connectivity index is 1.92. The van der Waals surface area contributed by atoms with E-state index in [0.717, 1.165) is 25.7 Å². The van der Waals surface area contributed by atoms with Gasteiger partial charge in [0.15, 0.2) is 0 Å². The van der Waals surface area contributed by atoms with Gasteiger partial charge < -0.3 is 16.4 Å². The molecule has 0 aromatic carbocycles. The number of alkyl halides is 3. The lowest BCUT2D eigenvalue weighted by molar-refractivity contribution is -0.137. The van der Waals surface area contributed by atoms with Crippen LogP contribution in [-0.2, 0) is 4.79 Å². The molecule has 0 spiro atoms. The normalized spacial score (nSPS) is 16.1. The summed E-state index contributed by atoms with van der Waals surface area (Å²) in [5.41, 5.74) is 5.64. The van der Waals surface area contributed by atoms with Gasteiger partial charge in [0.2, 0.25) is 17.8 Å². The Bertz CT molecular complexity index is 545. The second kappa shape index (κ2) is 7.42. The van der Waals surface area contributed by atoms with Crippen molar-refractivity contribution in [2.45, 2.75) is 44.2 Å². The third kappa shape index (κ3) is 5.87. The predicted molar refractivity (Wildman–Crippen MR) is 77.6 cm³/mol. The third-order valence-electron chi connectivity index (χ3n) is 3.53. The van der Waals surface area contributed by atoms with Gasteiger partial charge in [0.25, 0.3) is 0 Å². The highest BCUT2D eigenvalue weighted by Gasteiger charge is 2.27. The van der Waals surface area contributed by atoms with Crippen LogP contribution in [-0.4, -0.2) is 40.1 Å². The average Bonchev–Trinajstić information content (AvgIpc) is 2.50. The van der Waals surface area contributed by atoms with Gasteiger partial charge in [-0.1, -0.05) is 19.3 Å². The zero-order chi connectivity index (χ0) is 16.9. The average molecular weight is 332 g/mol. The molecule has 0 atom stereocenters. The van der Waals surface area contributed by atoms with Crippen LogP contribution in [0.3, 0.4) is 0 Å². The number of nitrogens with two attached hydrogens (primary N) is 1. The molecule has 0 saturated heterocycles. The van der Waals surface area contributed by atoms with Crippen molar-refractivity contribution in [3.8, 4) is 0 Å². The smallest absolute Gasteiger partial charge is 0.368 e. The van der Waals surface area contributed by atoms with Crippen molar-refractivity contribution in [2.75, 3.05) is 24.1 Å². The molecule has 7 nitrogen and oxygen atoms in total. The van der Waals surface area contributed by atoms with Gasteiger partial charge in [0, 0.05) is 5.92 Å². The number of rotatable bonds is 5. The molecular weight excluding hydrogens is 313 g/mol. The van der Waals surface area contributed by atoms with E-state index in [1.165, 1.54) is 6.42 Å². The zero-order valence-corrected chi connectivity index (χ0v) is 12.5. The minimum Gasteiger partial charge on any atom is -0.368 e. The van der Waals surface area contributed by atoms with Gasteiger partial charge in [-0.25, -0.2) is 0 Å². The van der Waals surface area contributed by atoms with Crippen LogP contribution >= 0.6 is 0 Å². The predicted octanol–water partition coefficient (Wildman–Crippen LogP) is 1.59. The van der Waals surface area contributed by atoms with E-state index in [1.807, 2.05) is 0 Å². The summed E-state index contributed by atoms with van der Waals surface area (Å²) < 4.78 is 36.0. The standard InChI is InChI=1S/C13H19F3N6O/c14-13(15,16)7-19-9(23)6-18-12-21-10(20-11(17)22-12)8-4-2-1-3-5-8/h8H,1-7H2,(H,19,23)(H3,17,18,20,21,22). The largest absolute Gasteiger partial charge is 0.405 e. The lowest BCUT2D eigenvalue weighted by Crippen LogP contribution is -2.37. The van der Waals surface area contributed by atoms with E-state index < -0.39 is 18.6 Å². The SMILES string of the molecule is Nc1nc(NCC(=O)NCC(F)(F)F)nc(C2CCCCC2)n1. The minimum absolute atomic E-state index is 0.0266. The van der Waals surface area contributed by atoms with Crippen molar-refractivity contribution < 1.29 is 18.0 Å². The van der Waals surface area contributed by atoms with Crippen molar-refractivity contribution in [1.29, 1.82) is 0 Å². The Kier molecular flexibility index (Phi) is 5.56. The topological polar surface area (TPSA) is 106 Å². The summed E-state index contributed by atoms with van der Waals surface area (Å²) in [5.74, 6) is 0.0867. The molecule has 0 bridgehead atoms. The van der Waals surface area contributed by atoms with Gasteiger partial charge in [-0.05, 0) is 12.8 Å². The number of aromatic nitrogens is 3. The van der Waals surface area contributed by atoms with Gasteiger partial charge in [-0.3, -0.25) is 4.79 Å². The van der Waals surface area contributed by atoms with Crippen molar-refractivity contribution in [3.63, 3.8) is 0 Å². The summed E-state index contributed by atoms with van der Waals surface area (Å²) in [6.07, 6.45) is 0.866. The molecule has 0 aliphatic heterocycles. The number of halogens is 3. The zero-order valence-electron chi connectivity index (χ0n) is 12.5. The molecule has 1 saturated carbocycles. The number of nitrogen functional groups attached to an aromatic ring is 1. The first-order chi connectivity index (χ1) is 10.8. The van der Waals surface area contributed by atoms with E-state index in [1.54, 1.807) is 5.32 Å². The van der Waals surface area contributed by atoms with Crippen LogP contribution in [0.25, 0.3) is 0 Å². The Morgan fingerprint density at radius 1 is 1.17 bits per heavy atom. The number of hydrogen-bond donors (Lipinski definition) is 3. The fourth-order valence-corrected chi connectivity index (χ4v) is 2.45. The van der Waals surface area contributed by atoms with Gasteiger partial charge in [-0.2, -0.15) is 28.1 Å².